The first kappa shape index (κ1) is 50.4. The van der Waals surface area contributed by atoms with Crippen LogP contribution in [0.3, 0.4) is 0 Å². The quantitative estimate of drug-likeness (QED) is 0.0582. The molecule has 4 aliphatic heterocycles. The molecule has 6 aliphatic rings. The van der Waals surface area contributed by atoms with Gasteiger partial charge in [0.05, 0.1) is 44.9 Å². The first-order valence-corrected chi connectivity index (χ1v) is 28.1. The molecule has 3 aromatic carbocycles. The van der Waals surface area contributed by atoms with E-state index in [1.54, 1.807) is 12.3 Å². The van der Waals surface area contributed by atoms with E-state index in [1.165, 1.54) is 23.3 Å². The smallest absolute Gasteiger partial charge is 0.293 e. The molecule has 5 N–H and O–H groups in total. The number of nitrogens with one attached hydrogen (secondary N) is 3. The fourth-order valence-corrected chi connectivity index (χ4v) is 14.1. The summed E-state index contributed by atoms with van der Waals surface area (Å²) in [5.41, 5.74) is 3.99. The predicted molar refractivity (Wildman–Crippen MR) is 284 cm³/mol. The summed E-state index contributed by atoms with van der Waals surface area (Å²) < 4.78 is 43.1. The minimum atomic E-state index is -4.63. The van der Waals surface area contributed by atoms with Crippen LogP contribution in [0.25, 0.3) is 11.0 Å². The highest BCUT2D eigenvalue weighted by Crippen LogP contribution is 2.55. The number of carbonyl (C=O) groups excluding carboxylic acids is 1. The third-order valence-electron chi connectivity index (χ3n) is 17.4. The largest absolute Gasteiger partial charge is 0.468 e. The molecular formula is C56H70N8O9S. The fourth-order valence-electron chi connectivity index (χ4n) is 13.1. The fraction of sp³-hybridized carbons (Fsp3) is 0.536. The van der Waals surface area contributed by atoms with Crippen LogP contribution in [-0.2, 0) is 14.8 Å². The molecule has 4 atom stereocenters. The third-order valence-corrected chi connectivity index (χ3v) is 18.7. The summed E-state index contributed by atoms with van der Waals surface area (Å²) >= 11 is 0. The Bertz CT molecular complexity index is 3040. The van der Waals surface area contributed by atoms with E-state index in [0.717, 1.165) is 81.6 Å². The van der Waals surface area contributed by atoms with Gasteiger partial charge < -0.3 is 39.8 Å². The van der Waals surface area contributed by atoms with Crippen molar-refractivity contribution in [2.24, 2.45) is 11.3 Å². The number of carbonyl (C=O) groups is 1. The van der Waals surface area contributed by atoms with Crippen molar-refractivity contribution in [2.75, 3.05) is 54.5 Å². The number of amides is 1. The lowest BCUT2D eigenvalue weighted by molar-refractivity contribution is -0.384. The van der Waals surface area contributed by atoms with Gasteiger partial charge in [0.2, 0.25) is 5.88 Å². The monoisotopic (exact) mass is 1030 g/mol. The van der Waals surface area contributed by atoms with Gasteiger partial charge in [-0.05, 0) is 155 Å². The van der Waals surface area contributed by atoms with Crippen molar-refractivity contribution in [1.82, 2.24) is 19.6 Å². The molecule has 0 bridgehead atoms. The van der Waals surface area contributed by atoms with E-state index in [1.807, 2.05) is 38.1 Å². The molecule has 2 saturated carbocycles. The number of hydrogen-bond acceptors (Lipinski definition) is 14. The second-order valence-electron chi connectivity index (χ2n) is 23.1. The Labute approximate surface area is 433 Å². The molecule has 2 aromatic heterocycles. The summed E-state index contributed by atoms with van der Waals surface area (Å²) in [4.78, 5) is 41.1. The zero-order valence-corrected chi connectivity index (χ0v) is 43.7. The molecule has 0 radical (unpaired) electrons. The summed E-state index contributed by atoms with van der Waals surface area (Å²) in [5, 5.41) is 38.2. The number of H-pyrrole nitrogens is 1. The molecule has 5 aromatic rings. The number of aromatic nitrogens is 2. The number of β-amino-alcohol motifs (C(OH)–C–C–N with tert-alkyl or cyclic N) is 1. The topological polar surface area (TPSA) is 216 Å². The average molecular weight is 1030 g/mol. The van der Waals surface area contributed by atoms with Crippen LogP contribution in [0.15, 0.2) is 83.9 Å². The average Bonchev–Trinajstić information content (AvgIpc) is 3.83. The lowest BCUT2D eigenvalue weighted by Crippen LogP contribution is -2.60. The molecule has 6 heterocycles. The maximum absolute atomic E-state index is 14.7. The van der Waals surface area contributed by atoms with Gasteiger partial charge in [-0.25, -0.2) is 13.1 Å². The van der Waals surface area contributed by atoms with E-state index >= 15 is 0 Å². The number of hydrogen-bond donors (Lipinski definition) is 5. The molecule has 2 aliphatic carbocycles. The number of benzene rings is 3. The number of aliphatic hydroxyl groups is 2. The van der Waals surface area contributed by atoms with E-state index in [9.17, 15) is 33.5 Å². The maximum atomic E-state index is 14.7. The van der Waals surface area contributed by atoms with Crippen LogP contribution < -0.4 is 24.6 Å². The van der Waals surface area contributed by atoms with Crippen molar-refractivity contribution in [3.05, 3.63) is 106 Å². The molecule has 11 rings (SSSR count). The van der Waals surface area contributed by atoms with Gasteiger partial charge in [0.1, 0.15) is 23.1 Å². The SMILES string of the molecule is CC(C)c1ccccc1[C@H]1CC[C@@](C)(O)CN1C1CC2(CCN(c3ccc(C(=O)NS(=O)(=O)c4ccc(NCC5CCC(C)(O)CC5)c([N+](=O)[O-])c4)c(N4c5cc6cc[nH]c6nc5O[C@H]5COCC[C@@H]54)c3)CC2)C1. The van der Waals surface area contributed by atoms with Crippen molar-refractivity contribution in [1.29, 1.82) is 0 Å². The zero-order valence-electron chi connectivity index (χ0n) is 42.9. The molecule has 74 heavy (non-hydrogen) atoms. The summed E-state index contributed by atoms with van der Waals surface area (Å²) in [6, 6.07) is 22.2. The Morgan fingerprint density at radius 1 is 0.932 bits per heavy atom. The standard InChI is InChI=1S/C56H70N8O9S/c1-35(2)41-7-5-6-8-42(41)45-15-20-55(4,67)34-62(45)39-30-56(31-39)21-24-61(25-22-56)38-9-11-43(47(28-38)63-46-17-26-72-33-50(46)73-53-49(63)27-37-16-23-57-51(37)59-53)52(65)60-74(70,71)40-10-12-44(48(29-40)64(68)69)58-32-36-13-18-54(3,66)19-14-36/h5-12,16,23,27-29,35-36,39,45-46,50,58,66-67H,13-15,17-22,24-26,30-34H2,1-4H3,(H,57,59)(H,60,65)/t36?,45-,46+,50+,54?,55-/m1/s1. The maximum Gasteiger partial charge on any atom is 0.293 e. The highest BCUT2D eigenvalue weighted by molar-refractivity contribution is 7.90. The van der Waals surface area contributed by atoms with Crippen molar-refractivity contribution >= 4 is 55.4 Å². The summed E-state index contributed by atoms with van der Waals surface area (Å²) in [5.74, 6) is 0.0679. The minimum Gasteiger partial charge on any atom is -0.468 e. The first-order chi connectivity index (χ1) is 35.3. The second kappa shape index (κ2) is 19.4. The van der Waals surface area contributed by atoms with Gasteiger partial charge >= 0.3 is 0 Å². The van der Waals surface area contributed by atoms with Crippen molar-refractivity contribution in [3.8, 4) is 5.88 Å². The highest BCUT2D eigenvalue weighted by Gasteiger charge is 2.52. The van der Waals surface area contributed by atoms with E-state index in [-0.39, 0.29) is 34.7 Å². The number of piperidine rings is 2. The summed E-state index contributed by atoms with van der Waals surface area (Å²) in [6.45, 7) is 11.7. The minimum absolute atomic E-state index is 0.102. The summed E-state index contributed by atoms with van der Waals surface area (Å²) in [6.07, 6.45) is 10.5. The van der Waals surface area contributed by atoms with Gasteiger partial charge in [0.25, 0.3) is 21.6 Å². The van der Waals surface area contributed by atoms with Gasteiger partial charge in [-0.15, -0.1) is 0 Å². The molecule has 18 heteroatoms. The number of fused-ring (bicyclic) bond motifs is 3. The van der Waals surface area contributed by atoms with Crippen LogP contribution in [0.4, 0.5) is 28.4 Å². The third kappa shape index (κ3) is 9.83. The molecule has 1 amide bonds. The van der Waals surface area contributed by atoms with Gasteiger partial charge in [-0.3, -0.25) is 19.8 Å². The Kier molecular flexibility index (Phi) is 13.2. The van der Waals surface area contributed by atoms with E-state index < -0.39 is 48.7 Å². The highest BCUT2D eigenvalue weighted by atomic mass is 32.2. The van der Waals surface area contributed by atoms with Crippen molar-refractivity contribution in [3.63, 3.8) is 0 Å². The summed E-state index contributed by atoms with van der Waals surface area (Å²) in [7, 11) is -4.63. The Hall–Kier alpha value is -5.79. The molecule has 17 nitrogen and oxygen atoms in total. The molecule has 0 unspecified atom stereocenters. The first-order valence-electron chi connectivity index (χ1n) is 26.6. The lowest BCUT2D eigenvalue weighted by atomic mass is 9.59. The van der Waals surface area contributed by atoms with Crippen LogP contribution in [0.1, 0.15) is 132 Å². The molecule has 1 spiro atoms. The van der Waals surface area contributed by atoms with Gasteiger partial charge in [0.15, 0.2) is 0 Å². The number of likely N-dealkylation sites (tertiary alicyclic amines) is 1. The predicted octanol–water partition coefficient (Wildman–Crippen LogP) is 9.09. The number of nitrogens with zero attached hydrogens (tertiary/aromatic N) is 5. The Morgan fingerprint density at radius 2 is 1.69 bits per heavy atom. The number of sulfonamides is 1. The molecular weight excluding hydrogens is 961 g/mol. The van der Waals surface area contributed by atoms with E-state index in [2.05, 4.69) is 67.8 Å². The van der Waals surface area contributed by atoms with Crippen LogP contribution >= 0.6 is 0 Å². The zero-order chi connectivity index (χ0) is 51.7. The van der Waals surface area contributed by atoms with Crippen LogP contribution in [-0.4, -0.2) is 113 Å². The molecule has 394 valence electrons. The van der Waals surface area contributed by atoms with Crippen molar-refractivity contribution in [2.45, 2.75) is 145 Å². The van der Waals surface area contributed by atoms with E-state index in [0.29, 0.717) is 80.4 Å². The van der Waals surface area contributed by atoms with E-state index in [4.69, 9.17) is 14.5 Å². The molecule has 5 fully saturated rings. The van der Waals surface area contributed by atoms with Crippen molar-refractivity contribution < 1.29 is 37.8 Å². The number of pyridine rings is 1. The number of nitro benzene ring substituents is 1. The normalized spacial score (nSPS) is 27.3. The van der Waals surface area contributed by atoms with Gasteiger partial charge in [-0.1, -0.05) is 38.1 Å². The van der Waals surface area contributed by atoms with Crippen LogP contribution in [0.2, 0.25) is 0 Å². The van der Waals surface area contributed by atoms with Crippen LogP contribution in [0.5, 0.6) is 5.88 Å². The number of nitro groups is 1. The number of ether oxygens (including phenoxy) is 2. The van der Waals surface area contributed by atoms with Crippen LogP contribution in [0, 0.1) is 21.4 Å². The number of rotatable bonds is 12. The second-order valence-corrected chi connectivity index (χ2v) is 24.8. The number of anilines is 4. The van der Waals surface area contributed by atoms with Gasteiger partial charge in [-0.2, -0.15) is 4.98 Å². The Morgan fingerprint density at radius 3 is 2.45 bits per heavy atom. The molecule has 3 saturated heterocycles. The van der Waals surface area contributed by atoms with Gasteiger partial charge in [0, 0.05) is 68.2 Å². The Balaban J connectivity index is 0.868. The number of aromatic amines is 1. The lowest BCUT2D eigenvalue weighted by Gasteiger charge is -2.59.